The van der Waals surface area contributed by atoms with Crippen molar-refractivity contribution < 1.29 is 13.6 Å². The van der Waals surface area contributed by atoms with Gasteiger partial charge in [-0.15, -0.1) is 9.24 Å². The number of nitrogens with zero attached hydrogens (tertiary/aromatic N) is 2. The first kappa shape index (κ1) is 32.6. The Labute approximate surface area is 249 Å². The van der Waals surface area contributed by atoms with Crippen molar-refractivity contribution in [2.75, 3.05) is 51.2 Å². The highest BCUT2D eigenvalue weighted by molar-refractivity contribution is 7.62. The fraction of sp³-hybridized carbons (Fsp3) is 0.294. The van der Waals surface area contributed by atoms with E-state index in [2.05, 4.69) is 102 Å². The summed E-state index contributed by atoms with van der Waals surface area (Å²) in [6.45, 7) is 8.55. The minimum atomic E-state index is -3.36. The Bertz CT molecular complexity index is 1490. The molecule has 0 spiro atoms. The maximum absolute atomic E-state index is 13.3. The summed E-state index contributed by atoms with van der Waals surface area (Å²) in [7, 11) is 7.64. The van der Waals surface area contributed by atoms with Gasteiger partial charge in [0.15, 0.2) is 0 Å². The van der Waals surface area contributed by atoms with Gasteiger partial charge in [0, 0.05) is 50.7 Å². The van der Waals surface area contributed by atoms with Crippen LogP contribution in [0.4, 0.5) is 11.4 Å². The number of benzene rings is 4. The summed E-state index contributed by atoms with van der Waals surface area (Å²) in [5, 5.41) is 1.86. The molecule has 7 heteroatoms. The summed E-state index contributed by atoms with van der Waals surface area (Å²) < 4.78 is 24.5. The lowest BCUT2D eigenvalue weighted by molar-refractivity contribution is 0.230. The zero-order valence-corrected chi connectivity index (χ0v) is 27.7. The second-order valence-electron chi connectivity index (χ2n) is 10.2. The highest BCUT2D eigenvalue weighted by atomic mass is 31.2. The smallest absolute Gasteiger partial charge is 0.361 e. The van der Waals surface area contributed by atoms with Gasteiger partial charge in [0.1, 0.15) is 0 Å². The van der Waals surface area contributed by atoms with E-state index in [0.29, 0.717) is 18.5 Å². The van der Waals surface area contributed by atoms with Crippen LogP contribution >= 0.6 is 16.8 Å². The van der Waals surface area contributed by atoms with Crippen LogP contribution in [0.5, 0.6) is 0 Å². The molecule has 0 aliphatic heterocycles. The molecule has 0 fully saturated rings. The molecule has 218 valence electrons. The van der Waals surface area contributed by atoms with Crippen molar-refractivity contribution in [2.24, 2.45) is 0 Å². The SMILES string of the molecule is CCOP(=O)(OCC)c1ccccc1-c1c(C)cccc1N(C)C.Cc1cccc(N(C)C)c1-c1ccccc1P. The van der Waals surface area contributed by atoms with E-state index in [0.717, 1.165) is 22.4 Å². The van der Waals surface area contributed by atoms with E-state index in [1.807, 2.05) is 58.3 Å². The van der Waals surface area contributed by atoms with Gasteiger partial charge in [0.2, 0.25) is 0 Å². The molecular weight excluding hydrogens is 546 g/mol. The van der Waals surface area contributed by atoms with Crippen molar-refractivity contribution in [3.63, 3.8) is 0 Å². The van der Waals surface area contributed by atoms with Crippen LogP contribution in [-0.4, -0.2) is 41.4 Å². The Morgan fingerprint density at radius 2 is 1.07 bits per heavy atom. The molecule has 0 bridgehead atoms. The van der Waals surface area contributed by atoms with Gasteiger partial charge in [-0.25, -0.2) is 0 Å². The van der Waals surface area contributed by atoms with Crippen molar-refractivity contribution in [1.82, 2.24) is 0 Å². The lowest BCUT2D eigenvalue weighted by atomic mass is 9.98. The lowest BCUT2D eigenvalue weighted by Crippen LogP contribution is -2.16. The molecule has 0 aliphatic carbocycles. The Kier molecular flexibility index (Phi) is 11.8. The van der Waals surface area contributed by atoms with Crippen LogP contribution in [0, 0.1) is 13.8 Å². The van der Waals surface area contributed by atoms with Gasteiger partial charge in [-0.2, -0.15) is 0 Å². The zero-order valence-electron chi connectivity index (χ0n) is 25.6. The molecule has 4 aromatic carbocycles. The van der Waals surface area contributed by atoms with Crippen molar-refractivity contribution in [2.45, 2.75) is 27.7 Å². The van der Waals surface area contributed by atoms with Crippen molar-refractivity contribution in [1.29, 1.82) is 0 Å². The van der Waals surface area contributed by atoms with Crippen LogP contribution < -0.4 is 20.4 Å². The monoisotopic (exact) mass is 590 g/mol. The quantitative estimate of drug-likeness (QED) is 0.186. The number of aryl methyl sites for hydroxylation is 2. The zero-order chi connectivity index (χ0) is 30.2. The predicted molar refractivity (Wildman–Crippen MR) is 182 cm³/mol. The molecule has 1 unspecified atom stereocenters. The summed E-state index contributed by atoms with van der Waals surface area (Å²) in [4.78, 5) is 4.23. The summed E-state index contributed by atoms with van der Waals surface area (Å²) >= 11 is 0. The summed E-state index contributed by atoms with van der Waals surface area (Å²) in [5.41, 5.74) is 9.32. The van der Waals surface area contributed by atoms with Gasteiger partial charge < -0.3 is 18.8 Å². The van der Waals surface area contributed by atoms with E-state index in [1.165, 1.54) is 27.7 Å². The number of anilines is 2. The molecule has 0 radical (unpaired) electrons. The number of rotatable bonds is 9. The normalized spacial score (nSPS) is 11.0. The van der Waals surface area contributed by atoms with Gasteiger partial charge >= 0.3 is 7.60 Å². The first-order valence-corrected chi connectivity index (χ1v) is 16.1. The van der Waals surface area contributed by atoms with Gasteiger partial charge in [-0.05, 0) is 73.5 Å². The molecule has 1 atom stereocenters. The van der Waals surface area contributed by atoms with E-state index in [-0.39, 0.29) is 0 Å². The fourth-order valence-electron chi connectivity index (χ4n) is 4.92. The van der Waals surface area contributed by atoms with E-state index in [4.69, 9.17) is 9.05 Å². The molecule has 0 aliphatic rings. The highest BCUT2D eigenvalue weighted by Gasteiger charge is 2.31. The van der Waals surface area contributed by atoms with Crippen LogP contribution in [0.1, 0.15) is 25.0 Å². The third kappa shape index (κ3) is 7.67. The topological polar surface area (TPSA) is 42.0 Å². The molecule has 0 amide bonds. The lowest BCUT2D eigenvalue weighted by Gasteiger charge is -2.24. The van der Waals surface area contributed by atoms with Crippen LogP contribution in [0.3, 0.4) is 0 Å². The minimum absolute atomic E-state index is 0.333. The minimum Gasteiger partial charge on any atom is -0.377 e. The third-order valence-electron chi connectivity index (χ3n) is 6.76. The first-order chi connectivity index (χ1) is 19.6. The second-order valence-corrected chi connectivity index (χ2v) is 12.8. The van der Waals surface area contributed by atoms with Gasteiger partial charge in [0.05, 0.1) is 18.5 Å². The van der Waals surface area contributed by atoms with E-state index < -0.39 is 7.60 Å². The van der Waals surface area contributed by atoms with E-state index in [1.54, 1.807) is 0 Å². The molecule has 0 saturated carbocycles. The Balaban J connectivity index is 0.000000239. The standard InChI is InChI=1S/C19H26NO3P.C15H18NP/c1-6-22-24(21,23-7-2)18-14-9-8-12-16(18)19-15(3)11-10-13-17(19)20(4)5;1-11-7-6-9-13(16(2)3)15(11)12-8-4-5-10-14(12)17/h8-14H,6-7H2,1-5H3;4-10H,17H2,1-3H3. The van der Waals surface area contributed by atoms with Crippen LogP contribution in [0.2, 0.25) is 0 Å². The summed E-state index contributed by atoms with van der Waals surface area (Å²) in [6.07, 6.45) is 0. The van der Waals surface area contributed by atoms with Gasteiger partial charge in [0.25, 0.3) is 0 Å². The van der Waals surface area contributed by atoms with Crippen LogP contribution in [0.15, 0.2) is 84.9 Å². The van der Waals surface area contributed by atoms with Crippen molar-refractivity contribution in [3.05, 3.63) is 96.1 Å². The Hall–Kier alpha value is -2.94. The molecule has 4 aromatic rings. The molecular formula is C34H44N2O3P2. The van der Waals surface area contributed by atoms with Crippen LogP contribution in [-0.2, 0) is 13.6 Å². The Morgan fingerprint density at radius 3 is 1.54 bits per heavy atom. The van der Waals surface area contributed by atoms with Crippen LogP contribution in [0.25, 0.3) is 22.3 Å². The first-order valence-electron chi connectivity index (χ1n) is 13.9. The summed E-state index contributed by atoms with van der Waals surface area (Å²) in [6, 6.07) is 28.7. The second kappa shape index (κ2) is 14.8. The molecule has 0 saturated heterocycles. The number of hydrogen-bond acceptors (Lipinski definition) is 5. The van der Waals surface area contributed by atoms with Gasteiger partial charge in [-0.3, -0.25) is 4.57 Å². The Morgan fingerprint density at radius 1 is 0.634 bits per heavy atom. The summed E-state index contributed by atoms with van der Waals surface area (Å²) in [5.74, 6) is 0. The predicted octanol–water partition coefficient (Wildman–Crippen LogP) is 7.85. The number of hydrogen-bond donors (Lipinski definition) is 0. The largest absolute Gasteiger partial charge is 0.377 e. The molecule has 0 heterocycles. The highest BCUT2D eigenvalue weighted by Crippen LogP contribution is 2.50. The molecule has 5 nitrogen and oxygen atoms in total. The van der Waals surface area contributed by atoms with Crippen molar-refractivity contribution in [3.8, 4) is 22.3 Å². The average Bonchev–Trinajstić information content (AvgIpc) is 2.94. The van der Waals surface area contributed by atoms with E-state index in [9.17, 15) is 4.57 Å². The molecule has 4 rings (SSSR count). The molecule has 41 heavy (non-hydrogen) atoms. The molecule has 0 N–H and O–H groups in total. The fourth-order valence-corrected chi connectivity index (χ4v) is 7.05. The van der Waals surface area contributed by atoms with E-state index >= 15 is 0 Å². The molecule has 0 aromatic heterocycles. The maximum Gasteiger partial charge on any atom is 0.361 e. The third-order valence-corrected chi connectivity index (χ3v) is 9.44. The maximum atomic E-state index is 13.3. The average molecular weight is 591 g/mol. The van der Waals surface area contributed by atoms with Gasteiger partial charge in [-0.1, -0.05) is 66.7 Å². The van der Waals surface area contributed by atoms with Crippen molar-refractivity contribution >= 4 is 38.8 Å².